The van der Waals surface area contributed by atoms with Gasteiger partial charge in [-0.25, -0.2) is 0 Å². The minimum absolute atomic E-state index is 0.0145. The normalized spacial score (nSPS) is 17.1. The summed E-state index contributed by atoms with van der Waals surface area (Å²) in [5.74, 6) is -1.00. The zero-order chi connectivity index (χ0) is 107. The van der Waals surface area contributed by atoms with E-state index in [1.165, 1.54) is 100 Å². The molecule has 138 heavy (non-hydrogen) atoms. The van der Waals surface area contributed by atoms with Crippen molar-refractivity contribution in [1.82, 2.24) is 0 Å². The summed E-state index contributed by atoms with van der Waals surface area (Å²) in [5.41, 5.74) is 0.927. The third-order valence-electron chi connectivity index (χ3n) is 21.7. The highest BCUT2D eigenvalue weighted by molar-refractivity contribution is 8.26. The van der Waals surface area contributed by atoms with Crippen molar-refractivity contribution in [3.8, 4) is 5.75 Å². The molecule has 5 rings (SSSR count). The molecular weight excluding hydrogens is 1870 g/mol. The number of ether oxygens (including phenoxy) is 15. The van der Waals surface area contributed by atoms with Gasteiger partial charge >= 0.3 is 12.1 Å². The van der Waals surface area contributed by atoms with E-state index in [0.717, 1.165) is 43.9 Å². The molecule has 8 atom stereocenters. The highest BCUT2D eigenvalue weighted by atomic mass is 32.2. The van der Waals surface area contributed by atoms with Crippen molar-refractivity contribution in [3.05, 3.63) is 91.0 Å². The van der Waals surface area contributed by atoms with Crippen LogP contribution in [0.5, 0.6) is 5.75 Å². The number of methoxy groups -OCH3 is 5. The maximum absolute atomic E-state index is 7.29. The summed E-state index contributed by atoms with van der Waals surface area (Å²) in [6.45, 7) is 100. The van der Waals surface area contributed by atoms with Gasteiger partial charge in [0.05, 0.1) is 52.4 Å². The van der Waals surface area contributed by atoms with Crippen LogP contribution in [0.25, 0.3) is 0 Å². The average molecular weight is 2090 g/mol. The fourth-order valence-electron chi connectivity index (χ4n) is 16.1. The van der Waals surface area contributed by atoms with E-state index in [1.54, 1.807) is 35.5 Å². The zero-order valence-electron chi connectivity index (χ0n) is 98.5. The quantitative estimate of drug-likeness (QED) is 0.0300. The summed E-state index contributed by atoms with van der Waals surface area (Å²) in [5, 5.41) is 1.40. The lowest BCUT2D eigenvalue weighted by molar-refractivity contribution is -0.508. The highest BCUT2D eigenvalue weighted by Crippen LogP contribution is 2.81. The van der Waals surface area contributed by atoms with Gasteiger partial charge in [-0.2, -0.15) is 0 Å². The SMILES string of the molecule is CC(C)P(C1CCCCC1)C(OC(C)(C)C)(SC(C)(C)C)P(C)C(C)(C)C.CCCC(C)COC(Oc1ccccc1)(OC(C)(C)C)OC(C)(C)C.CCCCP(C(C)(C)C)C(SC(C)(C)C)(SC(C)(C)C)N(C)c1ccccc1.CCCCP(CC)C(OC(C)(C)C)(OC(C)(C)C)P(C)c1ccccc1.COC(COC1CCCCC1)(OC)OC.COCCCC(OC)(OC(C)C)OC(C)(C)C. The molecule has 0 aliphatic heterocycles. The van der Waals surface area contributed by atoms with Crippen molar-refractivity contribution < 1.29 is 71.1 Å². The van der Waals surface area contributed by atoms with Gasteiger partial charge in [-0.15, -0.1) is 35.3 Å². The Kier molecular flexibility index (Phi) is 62.6. The van der Waals surface area contributed by atoms with Crippen LogP contribution in [0.1, 0.15) is 406 Å². The van der Waals surface area contributed by atoms with Crippen LogP contribution in [-0.4, -0.2) is 208 Å². The van der Waals surface area contributed by atoms with Crippen LogP contribution in [0, 0.1) is 5.92 Å². The molecule has 0 amide bonds. The molecule has 16 nitrogen and oxygen atoms in total. The van der Waals surface area contributed by atoms with Gasteiger partial charge in [0.1, 0.15) is 12.4 Å². The van der Waals surface area contributed by atoms with E-state index in [1.807, 2.05) is 106 Å². The first kappa shape index (κ1) is 138. The molecule has 3 aromatic rings. The standard InChI is InChI=1S/C24H44NPS2.C23H48OP2S.C22H40O2P2.C21H36O4.C13H28O4.C11H22O4/c1-12-13-19-26(21(2,3)4)24(27-22(5,6)7,28-23(8,9)10)25(11)20-17-15-14-16-18-20;1-18(2)26(19-16-14-13-15-17-19)23(24-20(3,4)5,27-22(9,10)11)25(12)21(6,7)8;1-10-12-18-26(11-2)22(23-20(3,4)5,24-21(6,7)8)25(9)19-16-14-13-15-17-19;1-9-13-17(2)16-22-21(24-19(3,4)5,25-20(6,7)8)23-18-14-11-10-12-15-18;1-11(2)16-13(15-7,9-8-10-14-6)17-12(3,4)5;1-12-11(13-2,14-3)9-15-10-7-5-4-6-8-10/h14-18H,12-13,19H2,1-11H3;18-19H,13-17H2,1-12H3;13-17H,10-12,18H2,1-9H3;10-12,14-15,17H,9,13,16H2,1-8H3;11H,8-10H2,1-7H3;10H,4-9H2,1-3H3. The Bertz CT molecular complexity index is 3500. The molecule has 2 aliphatic rings. The Morgan fingerprint density at radius 1 is 0.442 bits per heavy atom. The summed E-state index contributed by atoms with van der Waals surface area (Å²) in [4.78, 5) is 2.62. The van der Waals surface area contributed by atoms with E-state index in [0.29, 0.717) is 49.7 Å². The molecule has 8 unspecified atom stereocenters. The molecule has 2 saturated carbocycles. The number of anilines is 1. The molecule has 812 valence electrons. The van der Waals surface area contributed by atoms with Crippen molar-refractivity contribution in [1.29, 1.82) is 0 Å². The third kappa shape index (κ3) is 55.6. The summed E-state index contributed by atoms with van der Waals surface area (Å²) in [6.07, 6.45) is 24.3. The highest BCUT2D eigenvalue weighted by Gasteiger charge is 2.58. The first-order valence-corrected chi connectivity index (χ1v) is 63.1. The van der Waals surface area contributed by atoms with Gasteiger partial charge in [0.15, 0.2) is 8.36 Å². The van der Waals surface area contributed by atoms with Gasteiger partial charge in [0.25, 0.3) is 5.97 Å². The van der Waals surface area contributed by atoms with E-state index >= 15 is 0 Å². The summed E-state index contributed by atoms with van der Waals surface area (Å²) < 4.78 is 89.7. The molecule has 24 heteroatoms. The Morgan fingerprint density at radius 3 is 1.22 bits per heavy atom. The van der Waals surface area contributed by atoms with Gasteiger partial charge in [-0.3, -0.25) is 14.2 Å². The lowest BCUT2D eigenvalue weighted by Crippen LogP contribution is -2.53. The van der Waals surface area contributed by atoms with Crippen molar-refractivity contribution in [2.24, 2.45) is 5.92 Å². The number of hydrogen-bond acceptors (Lipinski definition) is 19. The minimum Gasteiger partial charge on any atom is -0.416 e. The molecule has 0 spiro atoms. The maximum Gasteiger partial charge on any atom is 0.461 e. The average Bonchev–Trinajstić information content (AvgIpc) is 0.748. The van der Waals surface area contributed by atoms with Crippen LogP contribution in [0.4, 0.5) is 5.69 Å². The second-order valence-corrected chi connectivity index (χ2v) is 71.4. The van der Waals surface area contributed by atoms with Crippen molar-refractivity contribution in [3.63, 3.8) is 0 Å². The number of thioether (sulfide) groups is 3. The molecule has 0 N–H and O–H groups in total. The molecule has 0 bridgehead atoms. The lowest BCUT2D eigenvalue weighted by atomic mass is 9.98. The number of hydrogen-bond donors (Lipinski definition) is 0. The zero-order valence-corrected chi connectivity index (χ0v) is 105. The largest absolute Gasteiger partial charge is 0.461 e. The molecule has 0 heterocycles. The molecular formula is C114H218NO15P5S3. The van der Waals surface area contributed by atoms with Crippen LogP contribution in [0.3, 0.4) is 0 Å². The molecule has 0 aromatic heterocycles. The Balaban J connectivity index is 0.00000165. The Labute approximate surface area is 872 Å². The predicted octanol–water partition coefficient (Wildman–Crippen LogP) is 35.6. The number of benzene rings is 3. The summed E-state index contributed by atoms with van der Waals surface area (Å²) >= 11 is 6.54. The minimum atomic E-state index is -1.60. The molecule has 3 aromatic carbocycles. The fraction of sp³-hybridized carbons (Fsp3) is 0.842. The predicted molar refractivity (Wildman–Crippen MR) is 618 cm³/mol. The summed E-state index contributed by atoms with van der Waals surface area (Å²) in [7, 11) is 8.37. The monoisotopic (exact) mass is 2090 g/mol. The van der Waals surface area contributed by atoms with E-state index < -0.39 is 50.4 Å². The van der Waals surface area contributed by atoms with Gasteiger partial charge in [-0.05, 0) is 295 Å². The topological polar surface area (TPSA) is 142 Å². The number of unbranched alkanes of at least 4 members (excludes halogenated alkanes) is 2. The van der Waals surface area contributed by atoms with Crippen molar-refractivity contribution in [2.75, 3.05) is 99.1 Å². The van der Waals surface area contributed by atoms with Crippen LogP contribution < -0.4 is 14.9 Å². The Hall–Kier alpha value is -0.100. The van der Waals surface area contributed by atoms with Crippen LogP contribution in [0.2, 0.25) is 0 Å². The smallest absolute Gasteiger partial charge is 0.416 e. The number of nitrogens with zero attached hydrogens (tertiary/aromatic N) is 1. The van der Waals surface area contributed by atoms with Gasteiger partial charge in [0.2, 0.25) is 5.27 Å². The van der Waals surface area contributed by atoms with Gasteiger partial charge < -0.3 is 61.7 Å². The van der Waals surface area contributed by atoms with Gasteiger partial charge in [0, 0.05) is 75.6 Å². The second kappa shape index (κ2) is 62.6. The van der Waals surface area contributed by atoms with Crippen LogP contribution >= 0.6 is 74.9 Å². The van der Waals surface area contributed by atoms with E-state index in [2.05, 4.69) is 336 Å². The maximum atomic E-state index is 7.29. The first-order chi connectivity index (χ1) is 63.0. The van der Waals surface area contributed by atoms with E-state index in [4.69, 9.17) is 71.1 Å². The molecule has 2 fully saturated rings. The van der Waals surface area contributed by atoms with E-state index in [-0.39, 0.29) is 85.2 Å². The fourth-order valence-corrected chi connectivity index (χ4v) is 48.0. The van der Waals surface area contributed by atoms with Crippen molar-refractivity contribution >= 4 is 85.9 Å². The van der Waals surface area contributed by atoms with Gasteiger partial charge in [-0.1, -0.05) is 301 Å². The molecule has 0 radical (unpaired) electrons. The first-order valence-electron chi connectivity index (χ1n) is 52.3. The molecule has 2 aliphatic carbocycles. The molecule has 0 saturated heterocycles. The Morgan fingerprint density at radius 2 is 0.855 bits per heavy atom. The van der Waals surface area contributed by atoms with Crippen LogP contribution in [-0.2, 0) is 66.3 Å². The van der Waals surface area contributed by atoms with E-state index in [9.17, 15) is 0 Å². The second-order valence-electron chi connectivity index (χ2n) is 48.6. The van der Waals surface area contributed by atoms with Crippen LogP contribution in [0.15, 0.2) is 91.0 Å². The lowest BCUT2D eigenvalue weighted by Gasteiger charge is -2.57. The summed E-state index contributed by atoms with van der Waals surface area (Å²) in [6, 6.07) is 31.3. The number of rotatable bonds is 46. The third-order valence-corrected chi connectivity index (χ3v) is 46.8. The van der Waals surface area contributed by atoms with Crippen molar-refractivity contribution in [2.45, 2.75) is 520 Å². The number of para-hydroxylation sites is 2.